The molecule has 4 nitrogen and oxygen atoms in total. The van der Waals surface area contributed by atoms with Gasteiger partial charge in [-0.05, 0) is 7.05 Å². The van der Waals surface area contributed by atoms with Crippen LogP contribution in [0.3, 0.4) is 0 Å². The van der Waals surface area contributed by atoms with Gasteiger partial charge in [0, 0.05) is 19.8 Å². The van der Waals surface area contributed by atoms with Crippen molar-refractivity contribution in [3.05, 3.63) is 18.2 Å². The third-order valence-corrected chi connectivity index (χ3v) is 2.46. The molecule has 1 aromatic rings. The van der Waals surface area contributed by atoms with Gasteiger partial charge in [0.15, 0.2) is 0 Å². The molecule has 72 valence electrons. The fourth-order valence-corrected chi connectivity index (χ4v) is 1.60. The molecule has 0 aromatic carbocycles. The number of ether oxygens (including phenoxy) is 1. The highest BCUT2D eigenvalue weighted by Gasteiger charge is 2.22. The largest absolute Gasteiger partial charge is 0.378 e. The smallest absolute Gasteiger partial charge is 0.0947 e. The molecule has 0 aliphatic carbocycles. The lowest BCUT2D eigenvalue weighted by Crippen LogP contribution is -2.36. The van der Waals surface area contributed by atoms with Crippen molar-refractivity contribution in [3.63, 3.8) is 0 Å². The van der Waals surface area contributed by atoms with Gasteiger partial charge in [-0.1, -0.05) is 0 Å². The lowest BCUT2D eigenvalue weighted by Gasteiger charge is -2.31. The number of hydrogen-bond acceptors (Lipinski definition) is 3. The SMILES string of the molecule is CN1CCOCC1c1cn(C)cn1. The summed E-state index contributed by atoms with van der Waals surface area (Å²) in [6, 6.07) is 0.329. The van der Waals surface area contributed by atoms with Gasteiger partial charge >= 0.3 is 0 Å². The number of aryl methyl sites for hydroxylation is 1. The molecule has 1 aliphatic rings. The Bertz CT molecular complexity index is 284. The summed E-state index contributed by atoms with van der Waals surface area (Å²) in [7, 11) is 4.10. The van der Waals surface area contributed by atoms with E-state index in [4.69, 9.17) is 4.74 Å². The van der Waals surface area contributed by atoms with Crippen LogP contribution >= 0.6 is 0 Å². The van der Waals surface area contributed by atoms with Crippen molar-refractivity contribution in [2.24, 2.45) is 7.05 Å². The molecule has 0 bridgehead atoms. The lowest BCUT2D eigenvalue weighted by molar-refractivity contribution is 0.00363. The quantitative estimate of drug-likeness (QED) is 0.629. The molecule has 4 heteroatoms. The summed E-state index contributed by atoms with van der Waals surface area (Å²) in [4.78, 5) is 6.61. The van der Waals surface area contributed by atoms with E-state index in [-0.39, 0.29) is 0 Å². The third kappa shape index (κ3) is 1.73. The van der Waals surface area contributed by atoms with E-state index in [1.54, 1.807) is 0 Å². The van der Waals surface area contributed by atoms with Crippen LogP contribution < -0.4 is 0 Å². The van der Waals surface area contributed by atoms with Gasteiger partial charge in [-0.3, -0.25) is 4.90 Å². The molecule has 1 fully saturated rings. The van der Waals surface area contributed by atoms with Crippen LogP contribution in [0.4, 0.5) is 0 Å². The van der Waals surface area contributed by atoms with Crippen molar-refractivity contribution in [3.8, 4) is 0 Å². The van der Waals surface area contributed by atoms with Crippen LogP contribution in [0.5, 0.6) is 0 Å². The van der Waals surface area contributed by atoms with Gasteiger partial charge in [-0.2, -0.15) is 0 Å². The molecule has 1 aromatic heterocycles. The first-order valence-corrected chi connectivity index (χ1v) is 4.53. The van der Waals surface area contributed by atoms with Crippen molar-refractivity contribution in [1.29, 1.82) is 0 Å². The summed E-state index contributed by atoms with van der Waals surface area (Å²) >= 11 is 0. The third-order valence-electron chi connectivity index (χ3n) is 2.46. The zero-order valence-corrected chi connectivity index (χ0v) is 8.10. The fraction of sp³-hybridized carbons (Fsp3) is 0.667. The molecule has 0 N–H and O–H groups in total. The average Bonchev–Trinajstić information content (AvgIpc) is 2.53. The van der Waals surface area contributed by atoms with Gasteiger partial charge in [-0.15, -0.1) is 0 Å². The van der Waals surface area contributed by atoms with Crippen LogP contribution in [0.2, 0.25) is 0 Å². The molecule has 0 spiro atoms. The van der Waals surface area contributed by atoms with E-state index >= 15 is 0 Å². The maximum atomic E-state index is 5.43. The highest BCUT2D eigenvalue weighted by molar-refractivity contribution is 5.04. The Morgan fingerprint density at radius 1 is 1.54 bits per heavy atom. The van der Waals surface area contributed by atoms with E-state index in [9.17, 15) is 0 Å². The molecule has 1 saturated heterocycles. The van der Waals surface area contributed by atoms with Crippen LogP contribution in [-0.4, -0.2) is 41.3 Å². The Kier molecular flexibility index (Phi) is 2.33. The molecular weight excluding hydrogens is 166 g/mol. The van der Waals surface area contributed by atoms with Gasteiger partial charge < -0.3 is 9.30 Å². The second-order valence-electron chi connectivity index (χ2n) is 3.54. The zero-order chi connectivity index (χ0) is 9.26. The average molecular weight is 181 g/mol. The predicted molar refractivity (Wildman–Crippen MR) is 49.4 cm³/mol. The summed E-state index contributed by atoms with van der Waals surface area (Å²) in [5.41, 5.74) is 1.10. The van der Waals surface area contributed by atoms with E-state index in [1.807, 2.05) is 17.9 Å². The monoisotopic (exact) mass is 181 g/mol. The molecule has 1 aliphatic heterocycles. The van der Waals surface area contributed by atoms with Crippen LogP contribution in [0.15, 0.2) is 12.5 Å². The highest BCUT2D eigenvalue weighted by Crippen LogP contribution is 2.20. The molecular formula is C9H15N3O. The number of aromatic nitrogens is 2. The maximum Gasteiger partial charge on any atom is 0.0947 e. The number of morpholine rings is 1. The first-order chi connectivity index (χ1) is 6.27. The second kappa shape index (κ2) is 3.47. The Hall–Kier alpha value is -0.870. The summed E-state index contributed by atoms with van der Waals surface area (Å²) < 4.78 is 7.40. The molecule has 0 radical (unpaired) electrons. The van der Waals surface area contributed by atoms with Gasteiger partial charge in [0.25, 0.3) is 0 Å². The van der Waals surface area contributed by atoms with Crippen molar-refractivity contribution >= 4 is 0 Å². The minimum absolute atomic E-state index is 0.329. The van der Waals surface area contributed by atoms with E-state index in [0.29, 0.717) is 6.04 Å². The molecule has 1 unspecified atom stereocenters. The number of rotatable bonds is 1. The highest BCUT2D eigenvalue weighted by atomic mass is 16.5. The second-order valence-corrected chi connectivity index (χ2v) is 3.54. The molecule has 0 amide bonds. The van der Waals surface area contributed by atoms with Crippen LogP contribution in [0.25, 0.3) is 0 Å². The molecule has 2 heterocycles. The van der Waals surface area contributed by atoms with E-state index in [0.717, 1.165) is 25.5 Å². The number of likely N-dealkylation sites (N-methyl/N-ethyl adjacent to an activating group) is 1. The van der Waals surface area contributed by atoms with Crippen LogP contribution in [0, 0.1) is 0 Å². The molecule has 13 heavy (non-hydrogen) atoms. The summed E-state index contributed by atoms with van der Waals surface area (Å²) in [5.74, 6) is 0. The standard InChI is InChI=1S/C9H15N3O/c1-11-5-8(10-7-11)9-6-13-4-3-12(9)2/h5,7,9H,3-4,6H2,1-2H3. The van der Waals surface area contributed by atoms with Gasteiger partial charge in [0.2, 0.25) is 0 Å². The Balaban J connectivity index is 2.14. The van der Waals surface area contributed by atoms with E-state index in [2.05, 4.69) is 23.1 Å². The number of imidazole rings is 1. The summed E-state index contributed by atoms with van der Waals surface area (Å²) in [6.45, 7) is 2.58. The van der Waals surface area contributed by atoms with Crippen LogP contribution in [-0.2, 0) is 11.8 Å². The minimum Gasteiger partial charge on any atom is -0.378 e. The number of nitrogens with zero attached hydrogens (tertiary/aromatic N) is 3. The number of hydrogen-bond donors (Lipinski definition) is 0. The maximum absolute atomic E-state index is 5.43. The molecule has 0 saturated carbocycles. The fourth-order valence-electron chi connectivity index (χ4n) is 1.60. The van der Waals surface area contributed by atoms with Gasteiger partial charge in [0.1, 0.15) is 0 Å². The summed E-state index contributed by atoms with van der Waals surface area (Å²) in [6.07, 6.45) is 3.88. The first kappa shape index (κ1) is 8.72. The van der Waals surface area contributed by atoms with E-state index < -0.39 is 0 Å². The minimum atomic E-state index is 0.329. The van der Waals surface area contributed by atoms with Crippen molar-refractivity contribution in [2.45, 2.75) is 6.04 Å². The predicted octanol–water partition coefficient (Wildman–Crippen LogP) is 0.423. The van der Waals surface area contributed by atoms with E-state index in [1.165, 1.54) is 0 Å². The first-order valence-electron chi connectivity index (χ1n) is 4.53. The Morgan fingerprint density at radius 3 is 3.00 bits per heavy atom. The van der Waals surface area contributed by atoms with Crippen LogP contribution in [0.1, 0.15) is 11.7 Å². The van der Waals surface area contributed by atoms with Gasteiger partial charge in [0.05, 0.1) is 31.3 Å². The van der Waals surface area contributed by atoms with Crippen molar-refractivity contribution in [2.75, 3.05) is 26.8 Å². The molecule has 2 rings (SSSR count). The topological polar surface area (TPSA) is 30.3 Å². The van der Waals surface area contributed by atoms with Crippen molar-refractivity contribution < 1.29 is 4.74 Å². The van der Waals surface area contributed by atoms with Gasteiger partial charge in [-0.25, -0.2) is 4.98 Å². The Labute approximate surface area is 78.1 Å². The lowest BCUT2D eigenvalue weighted by atomic mass is 10.2. The molecule has 1 atom stereocenters. The Morgan fingerprint density at radius 2 is 2.38 bits per heavy atom. The van der Waals surface area contributed by atoms with Crippen molar-refractivity contribution in [1.82, 2.24) is 14.5 Å². The zero-order valence-electron chi connectivity index (χ0n) is 8.10. The normalized spacial score (nSPS) is 24.9. The summed E-state index contributed by atoms with van der Waals surface area (Å²) in [5, 5.41) is 0.